The molecule has 1 heterocycles. The van der Waals surface area contributed by atoms with E-state index in [0.29, 0.717) is 5.43 Å². The molecule has 0 unspecified atom stereocenters. The number of halogens is 2. The van der Waals surface area contributed by atoms with Crippen molar-refractivity contribution >= 4 is 27.0 Å². The summed E-state index contributed by atoms with van der Waals surface area (Å²) in [7, 11) is 0. The Kier molecular flexibility index (Phi) is 10.3. The van der Waals surface area contributed by atoms with Gasteiger partial charge in [0, 0.05) is 0 Å². The molecule has 0 amide bonds. The van der Waals surface area contributed by atoms with Crippen molar-refractivity contribution in [3.05, 3.63) is 82.9 Å². The van der Waals surface area contributed by atoms with Crippen molar-refractivity contribution in [1.82, 2.24) is 0 Å². The van der Waals surface area contributed by atoms with E-state index >= 15 is 0 Å². The minimum atomic E-state index is 0. The summed E-state index contributed by atoms with van der Waals surface area (Å²) in [4.78, 5) is 0. The van der Waals surface area contributed by atoms with E-state index in [1.807, 2.05) is 23.3 Å². The average molecular weight is 585 g/mol. The molecule has 2 saturated carbocycles. The number of benzene rings is 2. The van der Waals surface area contributed by atoms with E-state index in [1.165, 1.54) is 58.4 Å². The second-order valence-corrected chi connectivity index (χ2v) is 17.5. The van der Waals surface area contributed by atoms with Crippen LogP contribution in [0.5, 0.6) is 0 Å². The molecule has 34 heavy (non-hydrogen) atoms. The van der Waals surface area contributed by atoms with Crippen LogP contribution in [0.25, 0.3) is 21.5 Å². The van der Waals surface area contributed by atoms with Crippen molar-refractivity contribution in [2.45, 2.75) is 76.3 Å². The van der Waals surface area contributed by atoms with E-state index in [1.54, 1.807) is 36.1 Å². The Hall–Kier alpha value is -0.660. The second-order valence-electron chi connectivity index (χ2n) is 10.1. The maximum absolute atomic E-state index is 2.32. The van der Waals surface area contributed by atoms with Crippen LogP contribution in [0, 0.1) is 13.8 Å². The molecule has 4 aromatic rings. The van der Waals surface area contributed by atoms with Crippen LogP contribution < -0.4 is 24.8 Å². The zero-order valence-electron chi connectivity index (χ0n) is 20.3. The van der Waals surface area contributed by atoms with Gasteiger partial charge >= 0.3 is 53.7 Å². The first-order chi connectivity index (χ1) is 15.6. The first-order valence-corrected chi connectivity index (χ1v) is 18.1. The number of hydrogen-bond acceptors (Lipinski definition) is 0. The molecule has 7 rings (SSSR count). The third-order valence-corrected chi connectivity index (χ3v) is 12.7. The average Bonchev–Trinajstić information content (AvgIpc) is 3.68. The molecule has 4 heteroatoms. The molecule has 0 radical (unpaired) electrons. The fraction of sp³-hybridized carbons (Fsp3) is 0.400. The van der Waals surface area contributed by atoms with E-state index in [-0.39, 0.29) is 24.8 Å². The first-order valence-electron chi connectivity index (χ1n) is 12.5. The van der Waals surface area contributed by atoms with Gasteiger partial charge in [-0.1, -0.05) is 37.1 Å². The van der Waals surface area contributed by atoms with Gasteiger partial charge < -0.3 is 24.8 Å². The summed E-state index contributed by atoms with van der Waals surface area (Å²) >= 11 is 1.87. The number of hydrogen-bond donors (Lipinski definition) is 0. The SMILES string of the molecule is Cc1cc2c(C3CC3)cccc2[cH-]1.Cc1cc2c(C3CC3)cccc2[cH-]1.[Cl-].[Cl-].[Zr+2]=[Si]1CCCC1. The Morgan fingerprint density at radius 2 is 1.12 bits per heavy atom. The monoisotopic (exact) mass is 582 g/mol. The second kappa shape index (κ2) is 12.5. The van der Waals surface area contributed by atoms with Gasteiger partial charge in [-0.15, -0.1) is 69.1 Å². The molecular weight excluding hydrogens is 551 g/mol. The van der Waals surface area contributed by atoms with Crippen molar-refractivity contribution in [1.29, 1.82) is 0 Å². The zero-order valence-corrected chi connectivity index (χ0v) is 25.3. The predicted molar refractivity (Wildman–Crippen MR) is 137 cm³/mol. The Morgan fingerprint density at radius 3 is 1.44 bits per heavy atom. The summed E-state index contributed by atoms with van der Waals surface area (Å²) in [5.74, 6) is 1.73. The summed E-state index contributed by atoms with van der Waals surface area (Å²) in [6.45, 7) is 4.35. The zero-order chi connectivity index (χ0) is 22.1. The molecule has 178 valence electrons. The van der Waals surface area contributed by atoms with Crippen LogP contribution in [0.4, 0.5) is 0 Å². The Labute approximate surface area is 232 Å². The molecule has 0 nitrogen and oxygen atoms in total. The Bertz CT molecular complexity index is 1150. The van der Waals surface area contributed by atoms with Crippen molar-refractivity contribution < 1.29 is 48.1 Å². The summed E-state index contributed by atoms with van der Waals surface area (Å²) in [6, 6.07) is 25.9. The van der Waals surface area contributed by atoms with Gasteiger partial charge in [-0.25, -0.2) is 0 Å². The van der Waals surface area contributed by atoms with Crippen molar-refractivity contribution in [2.24, 2.45) is 0 Å². The van der Waals surface area contributed by atoms with Crippen LogP contribution in [-0.4, -0.2) is 5.43 Å². The van der Waals surface area contributed by atoms with Crippen LogP contribution in [0.3, 0.4) is 0 Å². The van der Waals surface area contributed by atoms with Gasteiger partial charge in [0.2, 0.25) is 0 Å². The first kappa shape index (κ1) is 27.9. The molecule has 3 aliphatic rings. The van der Waals surface area contributed by atoms with Gasteiger partial charge in [0.25, 0.3) is 0 Å². The predicted octanol–water partition coefficient (Wildman–Crippen LogP) is 2.82. The van der Waals surface area contributed by atoms with Crippen LogP contribution in [0.15, 0.2) is 60.7 Å². The van der Waals surface area contributed by atoms with E-state index in [0.717, 1.165) is 11.8 Å². The molecule has 0 aromatic heterocycles. The van der Waals surface area contributed by atoms with Gasteiger partial charge in [0.15, 0.2) is 0 Å². The van der Waals surface area contributed by atoms with Crippen LogP contribution in [-0.2, 0) is 23.3 Å². The molecule has 0 spiro atoms. The summed E-state index contributed by atoms with van der Waals surface area (Å²) in [5.41, 5.74) is 6.27. The molecule has 0 N–H and O–H groups in total. The standard InChI is InChI=1S/2C13H13.C4H8Si.2ClH.Zr/c2*1-9-7-11-3-2-4-12(10-5-6-10)13(11)8-9;1-2-4-5-3-1;;;/h2*2-4,7-8,10H,5-6H2,1H3;1-4H2;2*1H;/q2*-1;;;;+2/p-2. The molecule has 3 fully saturated rings. The molecule has 1 saturated heterocycles. The molecular formula is C30H34Cl2SiZr-2. The summed E-state index contributed by atoms with van der Waals surface area (Å²) in [6.07, 6.45) is 8.68. The number of fused-ring (bicyclic) bond motifs is 2. The van der Waals surface area contributed by atoms with Crippen LogP contribution >= 0.6 is 0 Å². The molecule has 0 atom stereocenters. The summed E-state index contributed by atoms with van der Waals surface area (Å²) < 4.78 is 0. The third kappa shape index (κ3) is 6.97. The molecule has 4 aromatic carbocycles. The molecule has 1 aliphatic heterocycles. The van der Waals surface area contributed by atoms with E-state index in [2.05, 4.69) is 74.5 Å². The summed E-state index contributed by atoms with van der Waals surface area (Å²) in [5, 5.41) is 5.81. The van der Waals surface area contributed by atoms with Gasteiger partial charge in [0.05, 0.1) is 0 Å². The molecule has 0 bridgehead atoms. The fourth-order valence-corrected chi connectivity index (χ4v) is 9.33. The van der Waals surface area contributed by atoms with Gasteiger partial charge in [0.1, 0.15) is 0 Å². The quantitative estimate of drug-likeness (QED) is 0.251. The van der Waals surface area contributed by atoms with Crippen LogP contribution in [0.2, 0.25) is 12.1 Å². The normalized spacial score (nSPS) is 16.8. The topological polar surface area (TPSA) is 0 Å². The van der Waals surface area contributed by atoms with E-state index in [4.69, 9.17) is 0 Å². The Morgan fingerprint density at radius 1 is 0.706 bits per heavy atom. The fourth-order valence-electron chi connectivity index (χ4n) is 5.12. The maximum atomic E-state index is 2.32. The number of aryl methyl sites for hydroxylation is 2. The van der Waals surface area contributed by atoms with Crippen molar-refractivity contribution in [2.75, 3.05) is 0 Å². The third-order valence-electron chi connectivity index (χ3n) is 7.10. The molecule has 2 aliphatic carbocycles. The van der Waals surface area contributed by atoms with Crippen molar-refractivity contribution in [3.63, 3.8) is 0 Å². The van der Waals surface area contributed by atoms with Crippen LogP contribution in [0.1, 0.15) is 72.6 Å². The Balaban J connectivity index is 0.000000148. The minimum absolute atomic E-state index is 0. The van der Waals surface area contributed by atoms with Gasteiger partial charge in [-0.05, 0) is 37.5 Å². The van der Waals surface area contributed by atoms with Gasteiger partial charge in [-0.3, -0.25) is 0 Å². The number of rotatable bonds is 2. The van der Waals surface area contributed by atoms with Gasteiger partial charge in [-0.2, -0.15) is 12.1 Å². The van der Waals surface area contributed by atoms with E-state index in [9.17, 15) is 0 Å². The van der Waals surface area contributed by atoms with Crippen molar-refractivity contribution in [3.8, 4) is 0 Å². The van der Waals surface area contributed by atoms with E-state index < -0.39 is 0 Å².